The molecule has 1 aromatic rings. The number of nitrogens with zero attached hydrogens (tertiary/aromatic N) is 1. The molecule has 0 N–H and O–H groups in total. The van der Waals surface area contributed by atoms with Crippen molar-refractivity contribution in [2.75, 3.05) is 20.2 Å². The normalized spacial score (nSPS) is 11.1. The molecule has 0 spiro atoms. The Bertz CT molecular complexity index is 520. The molecule has 21 heavy (non-hydrogen) atoms. The number of hydrogen-bond donors (Lipinski definition) is 0. The third kappa shape index (κ3) is 5.66. The maximum Gasteiger partial charge on any atom is 0.446 e. The first-order valence-corrected chi connectivity index (χ1v) is 6.82. The number of benzene rings is 1. The number of amides is 1. The van der Waals surface area contributed by atoms with Crippen molar-refractivity contribution in [3.63, 3.8) is 0 Å². The Hall–Kier alpha value is -1.70. The lowest BCUT2D eigenvalue weighted by atomic mass is 10.2. The van der Waals surface area contributed by atoms with Crippen LogP contribution in [-0.4, -0.2) is 42.5 Å². The highest BCUT2D eigenvalue weighted by Crippen LogP contribution is 2.38. The smallest absolute Gasteiger partial charge is 0.446 e. The third-order valence-electron chi connectivity index (χ3n) is 2.36. The van der Waals surface area contributed by atoms with Crippen molar-refractivity contribution in [3.05, 3.63) is 29.8 Å². The fourth-order valence-electron chi connectivity index (χ4n) is 1.53. The molecule has 4 nitrogen and oxygen atoms in total. The van der Waals surface area contributed by atoms with E-state index in [9.17, 15) is 22.8 Å². The lowest BCUT2D eigenvalue weighted by molar-refractivity contribution is -0.143. The fourth-order valence-corrected chi connectivity index (χ4v) is 2.20. The standard InChI is InChI=1S/C13H14F3NO3S/c1-3-20-11(18)8-17(2)12(19)9-6-4-5-7-10(9)21-13(14,15)16/h4-7H,3,8H2,1-2H3. The van der Waals surface area contributed by atoms with E-state index in [4.69, 9.17) is 4.74 Å². The van der Waals surface area contributed by atoms with Crippen LogP contribution in [0.4, 0.5) is 13.2 Å². The molecule has 0 saturated heterocycles. The molecule has 0 saturated carbocycles. The number of rotatable bonds is 5. The summed E-state index contributed by atoms with van der Waals surface area (Å²) in [6.45, 7) is 1.47. The Kier molecular flexibility index (Phi) is 6.07. The molecule has 0 aliphatic heterocycles. The number of hydrogen-bond acceptors (Lipinski definition) is 4. The molecular formula is C13H14F3NO3S. The number of carbonyl (C=O) groups excluding carboxylic acids is 2. The topological polar surface area (TPSA) is 46.6 Å². The Morgan fingerprint density at radius 3 is 2.48 bits per heavy atom. The summed E-state index contributed by atoms with van der Waals surface area (Å²) in [6, 6.07) is 5.38. The summed E-state index contributed by atoms with van der Waals surface area (Å²) in [7, 11) is 1.33. The second-order valence-corrected chi connectivity index (χ2v) is 5.12. The van der Waals surface area contributed by atoms with Crippen molar-refractivity contribution in [1.29, 1.82) is 0 Å². The van der Waals surface area contributed by atoms with Crippen LogP contribution in [-0.2, 0) is 9.53 Å². The van der Waals surface area contributed by atoms with Gasteiger partial charge >= 0.3 is 11.5 Å². The van der Waals surface area contributed by atoms with Gasteiger partial charge in [0.05, 0.1) is 12.2 Å². The molecular weight excluding hydrogens is 307 g/mol. The van der Waals surface area contributed by atoms with Gasteiger partial charge in [0.25, 0.3) is 5.91 Å². The average molecular weight is 321 g/mol. The second kappa shape index (κ2) is 7.35. The summed E-state index contributed by atoms with van der Waals surface area (Å²) in [5, 5.41) is 0. The Labute approximate surface area is 124 Å². The first kappa shape index (κ1) is 17.4. The van der Waals surface area contributed by atoms with Crippen LogP contribution in [0.2, 0.25) is 0 Å². The number of ether oxygens (including phenoxy) is 1. The number of halogens is 3. The van der Waals surface area contributed by atoms with Crippen molar-refractivity contribution >= 4 is 23.6 Å². The summed E-state index contributed by atoms with van der Waals surface area (Å²) < 4.78 is 42.1. The van der Waals surface area contributed by atoms with Gasteiger partial charge in [0.1, 0.15) is 6.54 Å². The monoisotopic (exact) mass is 321 g/mol. The number of alkyl halides is 3. The van der Waals surface area contributed by atoms with Crippen LogP contribution in [0.25, 0.3) is 0 Å². The van der Waals surface area contributed by atoms with Gasteiger partial charge in [-0.3, -0.25) is 9.59 Å². The summed E-state index contributed by atoms with van der Waals surface area (Å²) in [5.41, 5.74) is -4.59. The SMILES string of the molecule is CCOC(=O)CN(C)C(=O)c1ccccc1SC(F)(F)F. The van der Waals surface area contributed by atoms with Crippen molar-refractivity contribution in [2.24, 2.45) is 0 Å². The number of likely N-dealkylation sites (N-methyl/N-ethyl adjacent to an activating group) is 1. The lowest BCUT2D eigenvalue weighted by Crippen LogP contribution is -2.33. The third-order valence-corrected chi connectivity index (χ3v) is 3.17. The maximum absolute atomic E-state index is 12.5. The van der Waals surface area contributed by atoms with Crippen molar-refractivity contribution in [1.82, 2.24) is 4.90 Å². The van der Waals surface area contributed by atoms with E-state index in [2.05, 4.69) is 0 Å². The van der Waals surface area contributed by atoms with Gasteiger partial charge in [-0.1, -0.05) is 12.1 Å². The molecule has 8 heteroatoms. The van der Waals surface area contributed by atoms with E-state index in [1.54, 1.807) is 6.92 Å². The average Bonchev–Trinajstić information content (AvgIpc) is 2.36. The molecule has 0 unspecified atom stereocenters. The molecule has 1 aromatic carbocycles. The molecule has 1 rings (SSSR count). The zero-order chi connectivity index (χ0) is 16.0. The molecule has 0 aliphatic rings. The largest absolute Gasteiger partial charge is 0.465 e. The van der Waals surface area contributed by atoms with E-state index < -0.39 is 17.4 Å². The van der Waals surface area contributed by atoms with Crippen molar-refractivity contribution < 1.29 is 27.5 Å². The molecule has 0 aliphatic carbocycles. The van der Waals surface area contributed by atoms with Gasteiger partial charge in [0.15, 0.2) is 0 Å². The van der Waals surface area contributed by atoms with Gasteiger partial charge in [-0.25, -0.2) is 0 Å². The van der Waals surface area contributed by atoms with E-state index in [1.165, 1.54) is 31.3 Å². The number of carbonyl (C=O) groups is 2. The Morgan fingerprint density at radius 1 is 1.29 bits per heavy atom. The van der Waals surface area contributed by atoms with Gasteiger partial charge in [-0.05, 0) is 30.8 Å². The van der Waals surface area contributed by atoms with E-state index >= 15 is 0 Å². The summed E-state index contributed by atoms with van der Waals surface area (Å²) >= 11 is -0.361. The molecule has 0 atom stereocenters. The van der Waals surface area contributed by atoms with E-state index in [0.29, 0.717) is 0 Å². The van der Waals surface area contributed by atoms with Crippen LogP contribution in [0.3, 0.4) is 0 Å². The summed E-state index contributed by atoms with van der Waals surface area (Å²) in [5.74, 6) is -1.29. The predicted molar refractivity (Wildman–Crippen MR) is 71.9 cm³/mol. The van der Waals surface area contributed by atoms with Gasteiger partial charge in [-0.2, -0.15) is 13.2 Å². The van der Waals surface area contributed by atoms with Gasteiger partial charge in [-0.15, -0.1) is 0 Å². The number of thioether (sulfide) groups is 1. The maximum atomic E-state index is 12.5. The minimum absolute atomic E-state index is 0.105. The first-order chi connectivity index (χ1) is 9.74. The highest BCUT2D eigenvalue weighted by Gasteiger charge is 2.31. The fraction of sp³-hybridized carbons (Fsp3) is 0.385. The van der Waals surface area contributed by atoms with Crippen molar-refractivity contribution in [3.8, 4) is 0 Å². The molecule has 0 fully saturated rings. The molecule has 1 amide bonds. The van der Waals surface area contributed by atoms with Crippen LogP contribution in [0, 0.1) is 0 Å². The quantitative estimate of drug-likeness (QED) is 0.618. The highest BCUT2D eigenvalue weighted by molar-refractivity contribution is 8.00. The first-order valence-electron chi connectivity index (χ1n) is 6.00. The number of esters is 1. The van der Waals surface area contributed by atoms with Crippen LogP contribution >= 0.6 is 11.8 Å². The lowest BCUT2D eigenvalue weighted by Gasteiger charge is -2.18. The Morgan fingerprint density at radius 2 is 1.90 bits per heavy atom. The molecule has 0 radical (unpaired) electrons. The van der Waals surface area contributed by atoms with E-state index in [1.807, 2.05) is 0 Å². The van der Waals surface area contributed by atoms with E-state index in [-0.39, 0.29) is 35.4 Å². The molecule has 0 bridgehead atoms. The summed E-state index contributed by atoms with van der Waals surface area (Å²) in [6.07, 6.45) is 0. The molecule has 116 valence electrons. The highest BCUT2D eigenvalue weighted by atomic mass is 32.2. The minimum Gasteiger partial charge on any atom is -0.465 e. The summed E-state index contributed by atoms with van der Waals surface area (Å²) in [4.78, 5) is 24.2. The van der Waals surface area contributed by atoms with Gasteiger partial charge in [0, 0.05) is 11.9 Å². The van der Waals surface area contributed by atoms with Gasteiger partial charge in [0.2, 0.25) is 0 Å². The minimum atomic E-state index is -4.49. The van der Waals surface area contributed by atoms with Crippen LogP contribution in [0.5, 0.6) is 0 Å². The molecule has 0 aromatic heterocycles. The second-order valence-electron chi connectivity index (χ2n) is 4.01. The van der Waals surface area contributed by atoms with E-state index in [0.717, 1.165) is 4.90 Å². The van der Waals surface area contributed by atoms with Crippen LogP contribution < -0.4 is 0 Å². The predicted octanol–water partition coefficient (Wildman–Crippen LogP) is 2.93. The zero-order valence-corrected chi connectivity index (χ0v) is 12.3. The molecule has 0 heterocycles. The van der Waals surface area contributed by atoms with Crippen LogP contribution in [0.15, 0.2) is 29.2 Å². The van der Waals surface area contributed by atoms with Gasteiger partial charge < -0.3 is 9.64 Å². The van der Waals surface area contributed by atoms with Crippen molar-refractivity contribution in [2.45, 2.75) is 17.3 Å². The zero-order valence-electron chi connectivity index (χ0n) is 11.4. The van der Waals surface area contributed by atoms with Crippen LogP contribution in [0.1, 0.15) is 17.3 Å². The Balaban J connectivity index is 2.89.